The maximum atomic E-state index is 13.2. The predicted octanol–water partition coefficient (Wildman–Crippen LogP) is 4.96. The molecule has 7 heteroatoms. The average Bonchev–Trinajstić information content (AvgIpc) is 3.16. The number of aromatic nitrogens is 2. The molecule has 5 rings (SSSR count). The monoisotopic (exact) mass is 454 g/mol. The van der Waals surface area contributed by atoms with E-state index in [4.69, 9.17) is 4.98 Å². The van der Waals surface area contributed by atoms with Crippen LogP contribution in [0.4, 0.5) is 11.5 Å². The van der Waals surface area contributed by atoms with Crippen LogP contribution in [-0.2, 0) is 6.54 Å². The lowest BCUT2D eigenvalue weighted by atomic mass is 10.1. The van der Waals surface area contributed by atoms with Gasteiger partial charge in [0.05, 0.1) is 17.6 Å². The lowest BCUT2D eigenvalue weighted by molar-refractivity contribution is 0.0698. The van der Waals surface area contributed by atoms with E-state index in [1.165, 1.54) is 11.1 Å². The van der Waals surface area contributed by atoms with Gasteiger partial charge in [-0.15, -0.1) is 0 Å². The topological polar surface area (TPSA) is 86.9 Å². The van der Waals surface area contributed by atoms with E-state index in [2.05, 4.69) is 29.3 Å². The fraction of sp³-hybridized carbons (Fsp3) is 0.222. The Balaban J connectivity index is 1.59. The van der Waals surface area contributed by atoms with Crippen LogP contribution in [0.1, 0.15) is 58.5 Å². The van der Waals surface area contributed by atoms with E-state index in [0.717, 1.165) is 11.1 Å². The zero-order valence-electron chi connectivity index (χ0n) is 19.3. The molecule has 3 heterocycles. The van der Waals surface area contributed by atoms with Crippen molar-refractivity contribution in [3.63, 3.8) is 0 Å². The largest absolute Gasteiger partial charge is 0.478 e. The van der Waals surface area contributed by atoms with Crippen LogP contribution in [0.5, 0.6) is 0 Å². The standard InChI is InChI=1S/C27H26N4O3/c1-16-12-22(17(2)28-23-11-7-6-10-21(23)27(33)34)26-29-24(13-25(32)31(26)14-16)30-15-19-8-4-5-9-20(19)18(30)3/h4-14,17-18,28H,15H2,1-3H3,(H,33,34)/t17-,18+/m1/s1. The van der Waals surface area contributed by atoms with Gasteiger partial charge in [-0.2, -0.15) is 0 Å². The molecule has 2 N–H and O–H groups in total. The molecule has 34 heavy (non-hydrogen) atoms. The van der Waals surface area contributed by atoms with E-state index in [9.17, 15) is 14.7 Å². The van der Waals surface area contributed by atoms with E-state index in [0.29, 0.717) is 23.7 Å². The fourth-order valence-electron chi connectivity index (χ4n) is 4.78. The molecule has 0 saturated carbocycles. The van der Waals surface area contributed by atoms with Crippen molar-refractivity contribution in [3.05, 3.63) is 105 Å². The lowest BCUT2D eigenvalue weighted by Crippen LogP contribution is -2.25. The quantitative estimate of drug-likeness (QED) is 0.443. The molecule has 7 nitrogen and oxygen atoms in total. The van der Waals surface area contributed by atoms with Gasteiger partial charge in [-0.1, -0.05) is 36.4 Å². The van der Waals surface area contributed by atoms with Crippen LogP contribution in [0.25, 0.3) is 5.65 Å². The number of hydrogen-bond donors (Lipinski definition) is 2. The Morgan fingerprint density at radius 2 is 1.88 bits per heavy atom. The third kappa shape index (κ3) is 3.69. The number of fused-ring (bicyclic) bond motifs is 2. The summed E-state index contributed by atoms with van der Waals surface area (Å²) < 4.78 is 1.57. The summed E-state index contributed by atoms with van der Waals surface area (Å²) in [4.78, 5) is 31.9. The number of hydrogen-bond acceptors (Lipinski definition) is 5. The van der Waals surface area contributed by atoms with Gasteiger partial charge in [0.15, 0.2) is 0 Å². The number of rotatable bonds is 5. The molecule has 172 valence electrons. The first-order valence-corrected chi connectivity index (χ1v) is 11.3. The number of carboxylic acid groups (broad SMARTS) is 1. The Labute approximate surface area is 197 Å². The fourth-order valence-corrected chi connectivity index (χ4v) is 4.78. The molecule has 0 saturated heterocycles. The molecule has 4 aromatic rings. The second-order valence-electron chi connectivity index (χ2n) is 8.84. The second-order valence-corrected chi connectivity index (χ2v) is 8.84. The zero-order valence-corrected chi connectivity index (χ0v) is 19.3. The Morgan fingerprint density at radius 1 is 1.15 bits per heavy atom. The average molecular weight is 455 g/mol. The SMILES string of the molecule is Cc1cc([C@@H](C)Nc2ccccc2C(=O)O)c2nc(N3Cc4ccccc4[C@@H]3C)cc(=O)n2c1. The Hall–Kier alpha value is -4.13. The minimum atomic E-state index is -0.997. The number of nitrogens with zero attached hydrogens (tertiary/aromatic N) is 3. The second kappa shape index (κ2) is 8.33. The van der Waals surface area contributed by atoms with Crippen molar-refractivity contribution in [3.8, 4) is 0 Å². The molecule has 2 aromatic carbocycles. The summed E-state index contributed by atoms with van der Waals surface area (Å²) in [5.74, 6) is -0.361. The highest BCUT2D eigenvalue weighted by atomic mass is 16.4. The first-order chi connectivity index (χ1) is 16.3. The van der Waals surface area contributed by atoms with Crippen LogP contribution in [0, 0.1) is 6.92 Å². The Bertz CT molecular complexity index is 1480. The summed E-state index contributed by atoms with van der Waals surface area (Å²) in [7, 11) is 0. The summed E-state index contributed by atoms with van der Waals surface area (Å²) in [6, 6.07) is 18.5. The highest BCUT2D eigenvalue weighted by Crippen LogP contribution is 2.36. The van der Waals surface area contributed by atoms with Crippen LogP contribution in [-0.4, -0.2) is 20.5 Å². The van der Waals surface area contributed by atoms with Crippen molar-refractivity contribution in [2.75, 3.05) is 10.2 Å². The van der Waals surface area contributed by atoms with Crippen molar-refractivity contribution >= 4 is 23.1 Å². The van der Waals surface area contributed by atoms with Crippen LogP contribution in [0.15, 0.2) is 71.7 Å². The number of para-hydroxylation sites is 1. The van der Waals surface area contributed by atoms with Crippen molar-refractivity contribution in [2.45, 2.75) is 39.4 Å². The minimum absolute atomic E-state index is 0.109. The molecule has 0 radical (unpaired) electrons. The molecule has 2 atom stereocenters. The van der Waals surface area contributed by atoms with Gasteiger partial charge in [-0.05, 0) is 55.7 Å². The molecular formula is C27H26N4O3. The van der Waals surface area contributed by atoms with Crippen molar-refractivity contribution in [2.24, 2.45) is 0 Å². The summed E-state index contributed by atoms with van der Waals surface area (Å²) >= 11 is 0. The number of anilines is 2. The first-order valence-electron chi connectivity index (χ1n) is 11.3. The van der Waals surface area contributed by atoms with E-state index in [1.54, 1.807) is 40.9 Å². The lowest BCUT2D eigenvalue weighted by Gasteiger charge is -2.24. The van der Waals surface area contributed by atoms with E-state index in [1.807, 2.05) is 32.0 Å². The highest BCUT2D eigenvalue weighted by Gasteiger charge is 2.28. The molecule has 0 fully saturated rings. The predicted molar refractivity (Wildman–Crippen MR) is 133 cm³/mol. The molecule has 1 aliphatic rings. The first kappa shape index (κ1) is 21.7. The Kier molecular flexibility index (Phi) is 5.32. The number of aryl methyl sites for hydroxylation is 1. The maximum Gasteiger partial charge on any atom is 0.337 e. The maximum absolute atomic E-state index is 13.2. The van der Waals surface area contributed by atoms with Gasteiger partial charge >= 0.3 is 5.97 Å². The van der Waals surface area contributed by atoms with Crippen molar-refractivity contribution in [1.82, 2.24) is 9.38 Å². The normalized spacial score (nSPS) is 15.9. The van der Waals surface area contributed by atoms with E-state index >= 15 is 0 Å². The smallest absolute Gasteiger partial charge is 0.337 e. The third-order valence-electron chi connectivity index (χ3n) is 6.52. The molecule has 0 aliphatic carbocycles. The van der Waals surface area contributed by atoms with Gasteiger partial charge in [0, 0.05) is 30.1 Å². The van der Waals surface area contributed by atoms with Crippen molar-refractivity contribution < 1.29 is 9.90 Å². The third-order valence-corrected chi connectivity index (χ3v) is 6.52. The number of carbonyl (C=O) groups is 1. The van der Waals surface area contributed by atoms with Crippen LogP contribution in [0.3, 0.4) is 0 Å². The van der Waals surface area contributed by atoms with Gasteiger partial charge in [0.2, 0.25) is 0 Å². The van der Waals surface area contributed by atoms with Crippen molar-refractivity contribution in [1.29, 1.82) is 0 Å². The Morgan fingerprint density at radius 3 is 2.65 bits per heavy atom. The summed E-state index contributed by atoms with van der Waals surface area (Å²) in [6.45, 7) is 6.69. The number of pyridine rings is 1. The van der Waals surface area contributed by atoms with Crippen LogP contribution >= 0.6 is 0 Å². The number of carboxylic acids is 1. The molecule has 0 spiro atoms. The zero-order chi connectivity index (χ0) is 24.0. The highest BCUT2D eigenvalue weighted by molar-refractivity contribution is 5.94. The number of aromatic carboxylic acids is 1. The summed E-state index contributed by atoms with van der Waals surface area (Å²) in [5.41, 5.74) is 5.35. The van der Waals surface area contributed by atoms with Gasteiger partial charge in [-0.3, -0.25) is 9.20 Å². The molecule has 0 unspecified atom stereocenters. The van der Waals surface area contributed by atoms with Crippen LogP contribution in [0.2, 0.25) is 0 Å². The van der Waals surface area contributed by atoms with E-state index < -0.39 is 5.97 Å². The molecule has 1 aliphatic heterocycles. The molecule has 2 aromatic heterocycles. The molecule has 0 bridgehead atoms. The molecular weight excluding hydrogens is 428 g/mol. The minimum Gasteiger partial charge on any atom is -0.478 e. The van der Waals surface area contributed by atoms with Crippen LogP contribution < -0.4 is 15.8 Å². The summed E-state index contributed by atoms with van der Waals surface area (Å²) in [6.07, 6.45) is 1.79. The van der Waals surface area contributed by atoms with E-state index in [-0.39, 0.29) is 23.2 Å². The number of nitrogens with one attached hydrogen (secondary N) is 1. The van der Waals surface area contributed by atoms with Gasteiger partial charge in [0.1, 0.15) is 11.5 Å². The summed E-state index contributed by atoms with van der Waals surface area (Å²) in [5, 5.41) is 12.9. The molecule has 0 amide bonds. The van der Waals surface area contributed by atoms with Gasteiger partial charge in [0.25, 0.3) is 5.56 Å². The number of benzene rings is 2. The van der Waals surface area contributed by atoms with Gasteiger partial charge in [-0.25, -0.2) is 9.78 Å². The van der Waals surface area contributed by atoms with Gasteiger partial charge < -0.3 is 15.3 Å².